The lowest BCUT2D eigenvalue weighted by Crippen LogP contribution is -2.14. The summed E-state index contributed by atoms with van der Waals surface area (Å²) in [6.45, 7) is 6.25. The first-order chi connectivity index (χ1) is 11.8. The number of allylic oxidation sites excluding steroid dienone is 1. The molecule has 0 aliphatic carbocycles. The van der Waals surface area contributed by atoms with Gasteiger partial charge >= 0.3 is 17.9 Å². The van der Waals surface area contributed by atoms with Gasteiger partial charge in [0.2, 0.25) is 0 Å². The van der Waals surface area contributed by atoms with Crippen LogP contribution in [0, 0.1) is 0 Å². The highest BCUT2D eigenvalue weighted by molar-refractivity contribution is 6.02. The van der Waals surface area contributed by atoms with Crippen LogP contribution in [0.5, 0.6) is 5.75 Å². The number of carbonyl (C=O) groups excluding carboxylic acids is 3. The molecule has 0 saturated carbocycles. The SMILES string of the molecule is C=C(C)C(=O)OOC(=O)/C(C)=C1/C(=C\C(=O)OC)Oc2ccc1cc2. The first-order valence-corrected chi connectivity index (χ1v) is 7.21. The summed E-state index contributed by atoms with van der Waals surface area (Å²) in [4.78, 5) is 44.1. The van der Waals surface area contributed by atoms with Crippen LogP contribution in [0.4, 0.5) is 0 Å². The normalized spacial score (nSPS) is 15.7. The van der Waals surface area contributed by atoms with Gasteiger partial charge in [0.1, 0.15) is 11.5 Å². The molecule has 0 unspecified atom stereocenters. The van der Waals surface area contributed by atoms with Gasteiger partial charge in [0.25, 0.3) is 0 Å². The van der Waals surface area contributed by atoms with Crippen molar-refractivity contribution in [3.8, 4) is 5.75 Å². The molecule has 25 heavy (non-hydrogen) atoms. The average Bonchev–Trinajstić information content (AvgIpc) is 2.86. The maximum Gasteiger partial charge on any atom is 0.382 e. The Morgan fingerprint density at radius 2 is 1.64 bits per heavy atom. The number of esters is 1. The highest BCUT2D eigenvalue weighted by Crippen LogP contribution is 2.34. The number of methoxy groups -OCH3 is 1. The first-order valence-electron chi connectivity index (χ1n) is 7.21. The Morgan fingerprint density at radius 1 is 1.04 bits per heavy atom. The van der Waals surface area contributed by atoms with Crippen molar-refractivity contribution in [2.75, 3.05) is 7.11 Å². The lowest BCUT2D eigenvalue weighted by atomic mass is 9.99. The van der Waals surface area contributed by atoms with E-state index in [-0.39, 0.29) is 16.9 Å². The summed E-state index contributed by atoms with van der Waals surface area (Å²) in [5, 5.41) is 0. The van der Waals surface area contributed by atoms with Crippen LogP contribution in [0.25, 0.3) is 5.57 Å². The second-order valence-electron chi connectivity index (χ2n) is 5.18. The molecule has 1 aromatic rings. The number of rotatable bonds is 3. The van der Waals surface area contributed by atoms with E-state index in [1.54, 1.807) is 24.3 Å². The number of carbonyl (C=O) groups is 3. The summed E-state index contributed by atoms with van der Waals surface area (Å²) < 4.78 is 10.2. The summed E-state index contributed by atoms with van der Waals surface area (Å²) >= 11 is 0. The third kappa shape index (κ3) is 4.14. The van der Waals surface area contributed by atoms with Gasteiger partial charge in [-0.1, -0.05) is 18.7 Å². The minimum Gasteiger partial charge on any atom is -0.466 e. The highest BCUT2D eigenvalue weighted by Gasteiger charge is 2.24. The number of fused-ring (bicyclic) bond motifs is 4. The zero-order chi connectivity index (χ0) is 18.6. The van der Waals surface area contributed by atoms with E-state index in [0.29, 0.717) is 16.9 Å². The molecule has 7 heteroatoms. The smallest absolute Gasteiger partial charge is 0.382 e. The molecular weight excluding hydrogens is 328 g/mol. The maximum absolute atomic E-state index is 12.2. The molecule has 0 atom stereocenters. The van der Waals surface area contributed by atoms with Crippen LogP contribution in [0.1, 0.15) is 19.4 Å². The lowest BCUT2D eigenvalue weighted by molar-refractivity contribution is -0.252. The Bertz CT molecular complexity index is 797. The number of ether oxygens (including phenoxy) is 2. The van der Waals surface area contributed by atoms with E-state index < -0.39 is 17.9 Å². The van der Waals surface area contributed by atoms with Crippen LogP contribution in [-0.2, 0) is 28.9 Å². The summed E-state index contributed by atoms with van der Waals surface area (Å²) in [5.41, 5.74) is 1.11. The molecule has 2 aliphatic heterocycles. The van der Waals surface area contributed by atoms with Gasteiger partial charge in [-0.3, -0.25) is 0 Å². The molecule has 0 amide bonds. The predicted octanol–water partition coefficient (Wildman–Crippen LogP) is 2.49. The number of hydrogen-bond donors (Lipinski definition) is 0. The molecular formula is C18H16O7. The van der Waals surface area contributed by atoms with Gasteiger partial charge in [-0.25, -0.2) is 24.2 Å². The van der Waals surface area contributed by atoms with Gasteiger partial charge in [0, 0.05) is 11.1 Å². The summed E-state index contributed by atoms with van der Waals surface area (Å²) in [6.07, 6.45) is 1.12. The van der Waals surface area contributed by atoms with Crippen molar-refractivity contribution in [1.82, 2.24) is 0 Å². The van der Waals surface area contributed by atoms with Crippen LogP contribution < -0.4 is 4.74 Å². The Balaban J connectivity index is 2.39. The van der Waals surface area contributed by atoms with E-state index >= 15 is 0 Å². The fraction of sp³-hybridized carbons (Fsp3) is 0.167. The average molecular weight is 344 g/mol. The standard InChI is InChI=1S/C18H16O7/c1-10(2)17(20)24-25-18(21)11(3)16-12-5-7-13(8-6-12)23-14(16)9-15(19)22-4/h5-9H,1H2,2-4H3/b14-9+,16-11+. The third-order valence-corrected chi connectivity index (χ3v) is 3.29. The second-order valence-corrected chi connectivity index (χ2v) is 5.18. The molecule has 7 nitrogen and oxygen atoms in total. The van der Waals surface area contributed by atoms with Crippen LogP contribution in [0.2, 0.25) is 0 Å². The Morgan fingerprint density at radius 3 is 2.20 bits per heavy atom. The minimum atomic E-state index is -0.909. The molecule has 0 fully saturated rings. The summed E-state index contributed by atoms with van der Waals surface area (Å²) in [5.74, 6) is -1.81. The molecule has 0 aromatic heterocycles. The minimum absolute atomic E-state index is 0.0807. The molecule has 1 aromatic carbocycles. The second kappa shape index (κ2) is 7.48. The van der Waals surface area contributed by atoms with Crippen LogP contribution in [0.15, 0.2) is 53.8 Å². The number of hydrogen-bond acceptors (Lipinski definition) is 7. The van der Waals surface area contributed by atoms with Gasteiger partial charge in [0.15, 0.2) is 0 Å². The molecule has 130 valence electrons. The van der Waals surface area contributed by atoms with Crippen molar-refractivity contribution in [2.45, 2.75) is 13.8 Å². The van der Waals surface area contributed by atoms with Gasteiger partial charge in [-0.15, -0.1) is 0 Å². The van der Waals surface area contributed by atoms with E-state index in [9.17, 15) is 14.4 Å². The summed E-state index contributed by atoms with van der Waals surface area (Å²) in [6, 6.07) is 6.82. The molecule has 2 aliphatic rings. The Kier molecular flexibility index (Phi) is 5.38. The van der Waals surface area contributed by atoms with Crippen molar-refractivity contribution in [1.29, 1.82) is 0 Å². The zero-order valence-corrected chi connectivity index (χ0v) is 14.0. The monoisotopic (exact) mass is 344 g/mol. The van der Waals surface area contributed by atoms with Crippen molar-refractivity contribution in [2.24, 2.45) is 0 Å². The molecule has 2 bridgehead atoms. The van der Waals surface area contributed by atoms with Crippen molar-refractivity contribution in [3.63, 3.8) is 0 Å². The molecule has 0 radical (unpaired) electrons. The summed E-state index contributed by atoms with van der Waals surface area (Å²) in [7, 11) is 1.23. The molecule has 3 rings (SSSR count). The zero-order valence-electron chi connectivity index (χ0n) is 14.0. The van der Waals surface area contributed by atoms with Gasteiger partial charge in [-0.05, 0) is 31.5 Å². The predicted molar refractivity (Wildman–Crippen MR) is 86.8 cm³/mol. The van der Waals surface area contributed by atoms with E-state index in [1.807, 2.05) is 0 Å². The highest BCUT2D eigenvalue weighted by atomic mass is 17.2. The largest absolute Gasteiger partial charge is 0.466 e. The first kappa shape index (κ1) is 18.0. The van der Waals surface area contributed by atoms with Crippen molar-refractivity contribution in [3.05, 3.63) is 59.4 Å². The topological polar surface area (TPSA) is 88.1 Å². The van der Waals surface area contributed by atoms with Crippen LogP contribution in [0.3, 0.4) is 0 Å². The molecule has 0 spiro atoms. The van der Waals surface area contributed by atoms with Gasteiger partial charge in [0.05, 0.1) is 18.8 Å². The maximum atomic E-state index is 12.2. The fourth-order valence-electron chi connectivity index (χ4n) is 1.99. The lowest BCUT2D eigenvalue weighted by Gasteiger charge is -2.12. The Labute approximate surface area is 144 Å². The van der Waals surface area contributed by atoms with E-state index in [1.165, 1.54) is 21.0 Å². The molecule has 0 saturated heterocycles. The molecule has 2 heterocycles. The van der Waals surface area contributed by atoms with Crippen molar-refractivity contribution < 1.29 is 33.6 Å². The van der Waals surface area contributed by atoms with Gasteiger partial charge in [-0.2, -0.15) is 0 Å². The van der Waals surface area contributed by atoms with E-state index in [0.717, 1.165) is 6.08 Å². The van der Waals surface area contributed by atoms with Crippen LogP contribution >= 0.6 is 0 Å². The van der Waals surface area contributed by atoms with Gasteiger partial charge < -0.3 is 9.47 Å². The quantitative estimate of drug-likeness (QED) is 0.360. The van der Waals surface area contributed by atoms with Crippen molar-refractivity contribution >= 4 is 23.5 Å². The molecule has 0 N–H and O–H groups in total. The van der Waals surface area contributed by atoms with Crippen LogP contribution in [-0.4, -0.2) is 25.0 Å². The van der Waals surface area contributed by atoms with E-state index in [2.05, 4.69) is 21.1 Å². The van der Waals surface area contributed by atoms with E-state index in [4.69, 9.17) is 4.74 Å². The third-order valence-electron chi connectivity index (χ3n) is 3.29. The Hall–Kier alpha value is -3.35. The fourth-order valence-corrected chi connectivity index (χ4v) is 1.99. The number of benzene rings is 1.